The van der Waals surface area contributed by atoms with Gasteiger partial charge in [0.05, 0.1) is 16.1 Å². The number of anilines is 2. The third kappa shape index (κ3) is 6.34. The Labute approximate surface area is 237 Å². The maximum atomic E-state index is 13.3. The number of fused-ring (bicyclic) bond motifs is 1. The first-order chi connectivity index (χ1) is 19.4. The molecule has 4 rings (SSSR count). The molecule has 1 aromatic carbocycles. The van der Waals surface area contributed by atoms with Gasteiger partial charge >= 0.3 is 17.3 Å². The predicted octanol–water partition coefficient (Wildman–Crippen LogP) is 3.63. The Morgan fingerprint density at radius 3 is 2.44 bits per heavy atom. The highest BCUT2D eigenvalue weighted by molar-refractivity contribution is 5.81. The smallest absolute Gasteiger partial charge is 0.334 e. The Morgan fingerprint density at radius 2 is 1.83 bits per heavy atom. The summed E-state index contributed by atoms with van der Waals surface area (Å²) >= 11 is 0. The third-order valence-corrected chi connectivity index (χ3v) is 6.45. The maximum Gasteiger partial charge on any atom is 0.334 e. The molecule has 13 nitrogen and oxygen atoms in total. The van der Waals surface area contributed by atoms with Crippen LogP contribution in [0.1, 0.15) is 40.2 Å². The second-order valence-corrected chi connectivity index (χ2v) is 10.5. The van der Waals surface area contributed by atoms with Gasteiger partial charge in [0.25, 0.3) is 0 Å². The van der Waals surface area contributed by atoms with Crippen molar-refractivity contribution in [2.75, 3.05) is 23.3 Å². The highest BCUT2D eigenvalue weighted by atomic mass is 16.6. The number of rotatable bonds is 10. The molecule has 0 saturated heterocycles. The fraction of sp³-hybridized carbons (Fsp3) is 0.393. The molecule has 216 valence electrons. The molecular formula is C28H34N8O5. The number of hydrogen-bond acceptors (Lipinski definition) is 10. The van der Waals surface area contributed by atoms with E-state index >= 15 is 0 Å². The van der Waals surface area contributed by atoms with E-state index in [4.69, 9.17) is 4.74 Å². The summed E-state index contributed by atoms with van der Waals surface area (Å²) in [5, 5.41) is 14.8. The van der Waals surface area contributed by atoms with E-state index in [-0.39, 0.29) is 23.6 Å². The van der Waals surface area contributed by atoms with Crippen LogP contribution in [-0.4, -0.2) is 59.7 Å². The van der Waals surface area contributed by atoms with Crippen LogP contribution < -0.4 is 15.9 Å². The number of imidazole rings is 1. The summed E-state index contributed by atoms with van der Waals surface area (Å²) < 4.78 is 8.69. The zero-order valence-electron chi connectivity index (χ0n) is 24.0. The molecule has 0 spiro atoms. The summed E-state index contributed by atoms with van der Waals surface area (Å²) in [4.78, 5) is 52.2. The molecule has 0 saturated carbocycles. The lowest BCUT2D eigenvalue weighted by atomic mass is 10.0. The van der Waals surface area contributed by atoms with Crippen molar-refractivity contribution in [3.05, 3.63) is 75.0 Å². The number of ether oxygens (including phenoxy) is 1. The molecule has 1 atom stereocenters. The lowest BCUT2D eigenvalue weighted by Gasteiger charge is -2.25. The molecule has 0 aliphatic rings. The van der Waals surface area contributed by atoms with Gasteiger partial charge in [-0.3, -0.25) is 14.7 Å². The van der Waals surface area contributed by atoms with Crippen LogP contribution in [0.4, 0.5) is 17.5 Å². The summed E-state index contributed by atoms with van der Waals surface area (Å²) in [5.74, 6) is -0.356. The molecule has 0 unspecified atom stereocenters. The van der Waals surface area contributed by atoms with Crippen LogP contribution in [0.15, 0.2) is 53.6 Å². The Morgan fingerprint density at radius 1 is 1.15 bits per heavy atom. The molecule has 13 heteroatoms. The van der Waals surface area contributed by atoms with E-state index in [0.717, 1.165) is 11.8 Å². The van der Waals surface area contributed by atoms with Gasteiger partial charge in [0, 0.05) is 32.8 Å². The average Bonchev–Trinajstić information content (AvgIpc) is 3.18. The maximum absolute atomic E-state index is 13.3. The fourth-order valence-corrected chi connectivity index (χ4v) is 4.41. The van der Waals surface area contributed by atoms with E-state index in [1.54, 1.807) is 64.3 Å². The normalized spacial score (nSPS) is 12.2. The third-order valence-electron chi connectivity index (χ3n) is 6.45. The number of nitrogens with zero attached hydrogens (tertiary/aromatic N) is 7. The van der Waals surface area contributed by atoms with Gasteiger partial charge in [0.1, 0.15) is 17.8 Å². The van der Waals surface area contributed by atoms with Crippen molar-refractivity contribution in [3.63, 3.8) is 0 Å². The van der Waals surface area contributed by atoms with E-state index in [1.165, 1.54) is 9.13 Å². The van der Waals surface area contributed by atoms with E-state index in [1.807, 2.05) is 24.8 Å². The van der Waals surface area contributed by atoms with Crippen LogP contribution in [-0.2, 0) is 23.0 Å². The number of carbonyl (C=O) groups excluding carboxylic acids is 1. The van der Waals surface area contributed by atoms with Gasteiger partial charge in [-0.05, 0) is 64.4 Å². The minimum atomic E-state index is -1.000. The largest absolute Gasteiger partial charge is 0.458 e. The van der Waals surface area contributed by atoms with Gasteiger partial charge in [0.15, 0.2) is 5.65 Å². The molecule has 0 aliphatic heterocycles. The second-order valence-electron chi connectivity index (χ2n) is 10.5. The summed E-state index contributed by atoms with van der Waals surface area (Å²) in [6, 6.07) is 9.71. The quantitative estimate of drug-likeness (QED) is 0.172. The first-order valence-electron chi connectivity index (χ1n) is 13.3. The van der Waals surface area contributed by atoms with E-state index in [2.05, 4.69) is 20.3 Å². The van der Waals surface area contributed by atoms with Gasteiger partial charge in [-0.2, -0.15) is 4.98 Å². The zero-order valence-corrected chi connectivity index (χ0v) is 24.0. The monoisotopic (exact) mass is 562 g/mol. The molecule has 0 amide bonds. The average molecular weight is 563 g/mol. The van der Waals surface area contributed by atoms with Crippen molar-refractivity contribution in [3.8, 4) is 5.69 Å². The van der Waals surface area contributed by atoms with Crippen LogP contribution in [0, 0.1) is 10.1 Å². The van der Waals surface area contributed by atoms with Gasteiger partial charge < -0.3 is 15.0 Å². The number of esters is 1. The van der Waals surface area contributed by atoms with Gasteiger partial charge in [-0.1, -0.05) is 12.1 Å². The van der Waals surface area contributed by atoms with E-state index in [9.17, 15) is 19.7 Å². The molecule has 3 heterocycles. The van der Waals surface area contributed by atoms with Crippen molar-refractivity contribution in [2.24, 2.45) is 7.05 Å². The van der Waals surface area contributed by atoms with Crippen LogP contribution in [0.2, 0.25) is 0 Å². The summed E-state index contributed by atoms with van der Waals surface area (Å²) in [6.45, 7) is 10.3. The summed E-state index contributed by atoms with van der Waals surface area (Å²) in [7, 11) is 1.69. The van der Waals surface area contributed by atoms with Crippen LogP contribution in [0.3, 0.4) is 0 Å². The number of nitrogens with one attached hydrogen (secondary N) is 1. The highest BCUT2D eigenvalue weighted by Gasteiger charge is 2.29. The number of benzene rings is 1. The topological polar surface area (TPSA) is 150 Å². The van der Waals surface area contributed by atoms with E-state index < -0.39 is 22.5 Å². The first kappa shape index (κ1) is 29.2. The van der Waals surface area contributed by atoms with Crippen molar-refractivity contribution in [1.82, 2.24) is 24.1 Å². The van der Waals surface area contributed by atoms with Crippen LogP contribution in [0.25, 0.3) is 16.9 Å². The molecule has 0 bridgehead atoms. The molecule has 3 aromatic heterocycles. The Kier molecular flexibility index (Phi) is 8.36. The molecule has 41 heavy (non-hydrogen) atoms. The number of nitro groups is 1. The minimum absolute atomic E-state index is 0.0761. The van der Waals surface area contributed by atoms with Crippen LogP contribution in [0.5, 0.6) is 0 Å². The van der Waals surface area contributed by atoms with Crippen molar-refractivity contribution >= 4 is 34.6 Å². The number of carbonyl (C=O) groups is 1. The molecule has 0 radical (unpaired) electrons. The number of aromatic nitrogens is 5. The van der Waals surface area contributed by atoms with E-state index in [0.29, 0.717) is 35.9 Å². The molecule has 1 N–H and O–H groups in total. The zero-order chi connectivity index (χ0) is 29.9. The lowest BCUT2D eigenvalue weighted by molar-refractivity contribution is -0.384. The van der Waals surface area contributed by atoms with Crippen molar-refractivity contribution in [2.45, 2.75) is 52.7 Å². The number of aryl methyl sites for hydroxylation is 1. The second kappa shape index (κ2) is 11.7. The lowest BCUT2D eigenvalue weighted by Crippen LogP contribution is -2.38. The van der Waals surface area contributed by atoms with Gasteiger partial charge in [-0.25, -0.2) is 24.1 Å². The predicted molar refractivity (Wildman–Crippen MR) is 156 cm³/mol. The standard InChI is InChI=1S/C28H34N8O5/c1-7-34(8-2)26-30-17-22(36(39)40)23(32-26)31-20(25(37)41-28(3,4)5)16-18-11-13-19(14-12-18)35-24-21(10-9-15-29-24)33(6)27(35)38/h9-15,17,20H,7-8,16H2,1-6H3,(H,30,31,32)/t20-/m0/s1. The van der Waals surface area contributed by atoms with Crippen molar-refractivity contribution in [1.29, 1.82) is 0 Å². The molecule has 0 fully saturated rings. The number of hydrogen-bond donors (Lipinski definition) is 1. The Bertz CT molecular complexity index is 1620. The minimum Gasteiger partial charge on any atom is -0.458 e. The van der Waals surface area contributed by atoms with Gasteiger partial charge in [0.2, 0.25) is 11.8 Å². The summed E-state index contributed by atoms with van der Waals surface area (Å²) in [5.41, 5.74) is 1.20. The Hall–Kier alpha value is -4.81. The summed E-state index contributed by atoms with van der Waals surface area (Å²) in [6.07, 6.45) is 2.90. The fourth-order valence-electron chi connectivity index (χ4n) is 4.41. The van der Waals surface area contributed by atoms with Crippen LogP contribution >= 0.6 is 0 Å². The molecular weight excluding hydrogens is 528 g/mol. The SMILES string of the molecule is CCN(CC)c1ncc([N+](=O)[O-])c(N[C@@H](Cc2ccc(-n3c(=O)n(C)c4cccnc43)cc2)C(=O)OC(C)(C)C)n1. The first-order valence-corrected chi connectivity index (χ1v) is 13.3. The van der Waals surface area contributed by atoms with Gasteiger partial charge in [-0.15, -0.1) is 0 Å². The number of pyridine rings is 1. The highest BCUT2D eigenvalue weighted by Crippen LogP contribution is 2.26. The van der Waals surface area contributed by atoms with Crippen molar-refractivity contribution < 1.29 is 14.5 Å². The molecule has 4 aromatic rings. The Balaban J connectivity index is 1.69. The molecule has 0 aliphatic carbocycles.